The molecule has 3 N–H and O–H groups in total. The number of nitrogens with one attached hydrogen (secondary N) is 1. The highest BCUT2D eigenvalue weighted by Gasteiger charge is 2.26. The molecule has 2 unspecified atom stereocenters. The Hall–Kier alpha value is -1.42. The lowest BCUT2D eigenvalue weighted by molar-refractivity contribution is 0.537. The molecule has 1 saturated carbocycles. The van der Waals surface area contributed by atoms with Gasteiger partial charge in [0.15, 0.2) is 0 Å². The van der Waals surface area contributed by atoms with Crippen molar-refractivity contribution in [3.8, 4) is 11.8 Å². The molecule has 0 amide bonds. The van der Waals surface area contributed by atoms with Gasteiger partial charge in [0, 0.05) is 6.04 Å². The summed E-state index contributed by atoms with van der Waals surface area (Å²) >= 11 is 0. The molecule has 1 aliphatic carbocycles. The Bertz CT molecular complexity index is 677. The summed E-state index contributed by atoms with van der Waals surface area (Å²) in [6.45, 7) is 2.22. The van der Waals surface area contributed by atoms with Gasteiger partial charge in [0.25, 0.3) is 0 Å². The van der Waals surface area contributed by atoms with E-state index in [1.807, 2.05) is 0 Å². The Labute approximate surface area is 125 Å². The summed E-state index contributed by atoms with van der Waals surface area (Å²) in [7, 11) is -3.69. The first kappa shape index (κ1) is 16.0. The molecule has 114 valence electrons. The van der Waals surface area contributed by atoms with Crippen LogP contribution in [0.3, 0.4) is 0 Å². The van der Waals surface area contributed by atoms with Crippen LogP contribution in [0.2, 0.25) is 0 Å². The highest BCUT2D eigenvalue weighted by atomic mass is 32.2. The molecule has 1 aromatic rings. The van der Waals surface area contributed by atoms with E-state index in [-0.39, 0.29) is 23.0 Å². The average Bonchev–Trinajstić information content (AvgIpc) is 2.82. The van der Waals surface area contributed by atoms with Crippen molar-refractivity contribution >= 4 is 10.0 Å². The van der Waals surface area contributed by atoms with Gasteiger partial charge in [0.1, 0.15) is 5.82 Å². The van der Waals surface area contributed by atoms with Gasteiger partial charge in [0.2, 0.25) is 10.0 Å². The lowest BCUT2D eigenvalue weighted by Gasteiger charge is -2.13. The summed E-state index contributed by atoms with van der Waals surface area (Å²) in [6.07, 6.45) is 2.65. The molecule has 0 spiro atoms. The van der Waals surface area contributed by atoms with Gasteiger partial charge in [-0.15, -0.1) is 0 Å². The van der Waals surface area contributed by atoms with Crippen LogP contribution >= 0.6 is 0 Å². The molecule has 0 bridgehead atoms. The fourth-order valence-electron chi connectivity index (χ4n) is 2.51. The Morgan fingerprint density at radius 3 is 2.76 bits per heavy atom. The minimum atomic E-state index is -3.69. The van der Waals surface area contributed by atoms with E-state index in [1.165, 1.54) is 12.1 Å². The third-order valence-electron chi connectivity index (χ3n) is 3.59. The van der Waals surface area contributed by atoms with Crippen molar-refractivity contribution < 1.29 is 12.8 Å². The molecule has 1 aromatic carbocycles. The summed E-state index contributed by atoms with van der Waals surface area (Å²) in [5.74, 6) is 4.97. The molecule has 0 radical (unpaired) electrons. The number of nitrogens with two attached hydrogens (primary N) is 1. The quantitative estimate of drug-likeness (QED) is 0.833. The zero-order chi connectivity index (χ0) is 15.5. The second-order valence-electron chi connectivity index (χ2n) is 5.38. The molecule has 0 aromatic heterocycles. The summed E-state index contributed by atoms with van der Waals surface area (Å²) in [4.78, 5) is -0.0714. The SMILES string of the molecule is CC1CCC(NS(=O)(=O)c2ccc(C#CCN)c(F)c2)C1. The number of sulfonamides is 1. The Balaban J connectivity index is 2.18. The maximum Gasteiger partial charge on any atom is 0.240 e. The molecule has 1 fully saturated rings. The molecule has 0 saturated heterocycles. The van der Waals surface area contributed by atoms with Crippen LogP contribution in [0, 0.1) is 23.6 Å². The van der Waals surface area contributed by atoms with Gasteiger partial charge in [-0.05, 0) is 43.4 Å². The van der Waals surface area contributed by atoms with Gasteiger partial charge < -0.3 is 5.73 Å². The van der Waals surface area contributed by atoms with Crippen molar-refractivity contribution in [2.24, 2.45) is 11.7 Å². The van der Waals surface area contributed by atoms with Gasteiger partial charge >= 0.3 is 0 Å². The molecule has 4 nitrogen and oxygen atoms in total. The molecule has 21 heavy (non-hydrogen) atoms. The van der Waals surface area contributed by atoms with Gasteiger partial charge in [-0.25, -0.2) is 17.5 Å². The van der Waals surface area contributed by atoms with Crippen LogP contribution in [0.1, 0.15) is 31.7 Å². The summed E-state index contributed by atoms with van der Waals surface area (Å²) in [5, 5.41) is 0. The third kappa shape index (κ3) is 4.03. The van der Waals surface area contributed by atoms with Crippen molar-refractivity contribution in [2.75, 3.05) is 6.54 Å². The van der Waals surface area contributed by atoms with Crippen LogP contribution in [-0.4, -0.2) is 21.0 Å². The largest absolute Gasteiger partial charge is 0.320 e. The number of hydrogen-bond donors (Lipinski definition) is 2. The molecular formula is C15H19FN2O2S. The van der Waals surface area contributed by atoms with Crippen LogP contribution < -0.4 is 10.5 Å². The molecular weight excluding hydrogens is 291 g/mol. The standard InChI is InChI=1S/C15H19FN2O2S/c1-11-4-6-13(9-11)18-21(19,20)14-7-5-12(3-2-8-17)15(16)10-14/h5,7,10-11,13,18H,4,6,8-9,17H2,1H3. The Morgan fingerprint density at radius 1 is 1.43 bits per heavy atom. The normalized spacial score (nSPS) is 21.9. The minimum Gasteiger partial charge on any atom is -0.320 e. The van der Waals surface area contributed by atoms with Crippen molar-refractivity contribution in [1.29, 1.82) is 0 Å². The van der Waals surface area contributed by atoms with Gasteiger partial charge in [-0.3, -0.25) is 0 Å². The van der Waals surface area contributed by atoms with E-state index in [0.717, 1.165) is 25.3 Å². The van der Waals surface area contributed by atoms with Crippen molar-refractivity contribution in [1.82, 2.24) is 4.72 Å². The van der Waals surface area contributed by atoms with Gasteiger partial charge in [-0.2, -0.15) is 0 Å². The second kappa shape index (κ2) is 6.56. The monoisotopic (exact) mass is 310 g/mol. The molecule has 2 rings (SSSR count). The molecule has 6 heteroatoms. The van der Waals surface area contributed by atoms with Gasteiger partial charge in [-0.1, -0.05) is 18.8 Å². The first-order chi connectivity index (χ1) is 9.92. The molecule has 0 heterocycles. The smallest absolute Gasteiger partial charge is 0.240 e. The summed E-state index contributed by atoms with van der Waals surface area (Å²) in [6, 6.07) is 3.67. The van der Waals surface area contributed by atoms with Crippen LogP contribution in [0.5, 0.6) is 0 Å². The number of hydrogen-bond acceptors (Lipinski definition) is 3. The van der Waals surface area contributed by atoms with E-state index in [0.29, 0.717) is 5.92 Å². The van der Waals surface area contributed by atoms with Crippen LogP contribution in [0.15, 0.2) is 23.1 Å². The van der Waals surface area contributed by atoms with Crippen LogP contribution in [0.25, 0.3) is 0 Å². The van der Waals surface area contributed by atoms with Gasteiger partial charge in [0.05, 0.1) is 17.0 Å². The third-order valence-corrected chi connectivity index (χ3v) is 5.11. The van der Waals surface area contributed by atoms with E-state index in [1.54, 1.807) is 0 Å². The van der Waals surface area contributed by atoms with E-state index < -0.39 is 15.8 Å². The predicted octanol–water partition coefficient (Wildman–Crippen LogP) is 1.60. The topological polar surface area (TPSA) is 72.2 Å². The van der Waals surface area contributed by atoms with E-state index in [2.05, 4.69) is 23.5 Å². The Morgan fingerprint density at radius 2 is 2.19 bits per heavy atom. The fourth-order valence-corrected chi connectivity index (χ4v) is 3.81. The maximum absolute atomic E-state index is 13.8. The van der Waals surface area contributed by atoms with Crippen LogP contribution in [-0.2, 0) is 10.0 Å². The Kier molecular flexibility index (Phi) is 4.99. The number of rotatable bonds is 3. The lowest BCUT2D eigenvalue weighted by Crippen LogP contribution is -2.33. The second-order valence-corrected chi connectivity index (χ2v) is 7.10. The number of benzene rings is 1. The first-order valence-corrected chi connectivity index (χ1v) is 8.41. The zero-order valence-electron chi connectivity index (χ0n) is 11.9. The van der Waals surface area contributed by atoms with Crippen molar-refractivity contribution in [3.05, 3.63) is 29.6 Å². The maximum atomic E-state index is 13.8. The molecule has 0 aliphatic heterocycles. The highest BCUT2D eigenvalue weighted by molar-refractivity contribution is 7.89. The van der Waals surface area contributed by atoms with E-state index in [9.17, 15) is 12.8 Å². The van der Waals surface area contributed by atoms with Crippen molar-refractivity contribution in [3.63, 3.8) is 0 Å². The summed E-state index contributed by atoms with van der Waals surface area (Å²) < 4.78 is 41.0. The minimum absolute atomic E-state index is 0.0650. The highest BCUT2D eigenvalue weighted by Crippen LogP contribution is 2.26. The lowest BCUT2D eigenvalue weighted by atomic mass is 10.1. The predicted molar refractivity (Wildman–Crippen MR) is 79.5 cm³/mol. The zero-order valence-corrected chi connectivity index (χ0v) is 12.7. The fraction of sp³-hybridized carbons (Fsp3) is 0.467. The van der Waals surface area contributed by atoms with Crippen molar-refractivity contribution in [2.45, 2.75) is 37.1 Å². The molecule has 1 aliphatic rings. The number of halogens is 1. The van der Waals surface area contributed by atoms with Crippen LogP contribution in [0.4, 0.5) is 4.39 Å². The average molecular weight is 310 g/mol. The first-order valence-electron chi connectivity index (χ1n) is 6.93. The van der Waals surface area contributed by atoms with E-state index in [4.69, 9.17) is 5.73 Å². The van der Waals surface area contributed by atoms with E-state index >= 15 is 0 Å². The summed E-state index contributed by atoms with van der Waals surface area (Å²) in [5.41, 5.74) is 5.37. The molecule has 2 atom stereocenters.